The maximum absolute atomic E-state index is 12.5. The minimum atomic E-state index is -0.0427. The van der Waals surface area contributed by atoms with Crippen LogP contribution in [0, 0.1) is 0 Å². The minimum absolute atomic E-state index is 0.0427. The molecule has 2 heterocycles. The lowest BCUT2D eigenvalue weighted by Gasteiger charge is -2.10. The molecule has 0 bridgehead atoms. The van der Waals surface area contributed by atoms with E-state index in [9.17, 15) is 4.79 Å². The quantitative estimate of drug-likeness (QED) is 0.904. The maximum atomic E-state index is 12.5. The van der Waals surface area contributed by atoms with Crippen LogP contribution >= 0.6 is 11.3 Å². The summed E-state index contributed by atoms with van der Waals surface area (Å²) in [5.74, 6) is 1.40. The first kappa shape index (κ1) is 14.6. The van der Waals surface area contributed by atoms with E-state index in [1.54, 1.807) is 11.3 Å². The summed E-state index contributed by atoms with van der Waals surface area (Å²) in [6.07, 6.45) is 5.54. The lowest BCUT2D eigenvalue weighted by atomic mass is 9.99. The summed E-state index contributed by atoms with van der Waals surface area (Å²) in [7, 11) is 0. The number of carbonyl (C=O) groups is 1. The molecule has 0 unspecified atom stereocenters. The number of aryl methyl sites for hydroxylation is 2. The van der Waals surface area contributed by atoms with Crippen molar-refractivity contribution >= 4 is 22.9 Å². The third-order valence-electron chi connectivity index (χ3n) is 4.23. The zero-order valence-corrected chi connectivity index (χ0v) is 13.7. The second kappa shape index (κ2) is 6.24. The molecule has 2 aliphatic rings. The van der Waals surface area contributed by atoms with Crippen LogP contribution in [-0.4, -0.2) is 19.1 Å². The van der Waals surface area contributed by atoms with E-state index in [4.69, 9.17) is 9.47 Å². The molecule has 0 saturated carbocycles. The van der Waals surface area contributed by atoms with Crippen molar-refractivity contribution in [1.82, 2.24) is 0 Å². The normalized spacial score (nSPS) is 16.3. The summed E-state index contributed by atoms with van der Waals surface area (Å²) in [6.45, 7) is 1.31. The van der Waals surface area contributed by atoms with Gasteiger partial charge in [0.1, 0.15) is 0 Å². The number of carbonyl (C=O) groups excluding carboxylic acids is 1. The summed E-state index contributed by atoms with van der Waals surface area (Å²) in [5.41, 5.74) is 2.09. The zero-order valence-electron chi connectivity index (χ0n) is 12.9. The Morgan fingerprint density at radius 2 is 1.83 bits per heavy atom. The first-order valence-electron chi connectivity index (χ1n) is 8.12. The van der Waals surface area contributed by atoms with Crippen LogP contribution in [0.1, 0.15) is 39.4 Å². The van der Waals surface area contributed by atoms with Gasteiger partial charge in [0.05, 0.1) is 18.1 Å². The lowest BCUT2D eigenvalue weighted by Crippen LogP contribution is -2.10. The standard InChI is InChI=1S/C18H19NO3S/c20-18(17-10-12-4-1-2-5-16(12)23-17)19-13-6-7-14-15(11-13)22-9-3-8-21-14/h6-7,10-11H,1-5,8-9H2,(H,19,20). The van der Waals surface area contributed by atoms with Gasteiger partial charge < -0.3 is 14.8 Å². The highest BCUT2D eigenvalue weighted by Crippen LogP contribution is 2.33. The number of fused-ring (bicyclic) bond motifs is 2. The van der Waals surface area contributed by atoms with Crippen LogP contribution in [0.25, 0.3) is 0 Å². The Morgan fingerprint density at radius 3 is 2.70 bits per heavy atom. The van der Waals surface area contributed by atoms with E-state index >= 15 is 0 Å². The van der Waals surface area contributed by atoms with E-state index < -0.39 is 0 Å². The Morgan fingerprint density at radius 1 is 1.00 bits per heavy atom. The van der Waals surface area contributed by atoms with Gasteiger partial charge in [-0.05, 0) is 49.4 Å². The molecule has 1 amide bonds. The molecular weight excluding hydrogens is 310 g/mol. The van der Waals surface area contributed by atoms with E-state index in [1.165, 1.54) is 23.3 Å². The van der Waals surface area contributed by atoms with Crippen molar-refractivity contribution in [2.45, 2.75) is 32.1 Å². The highest BCUT2D eigenvalue weighted by atomic mass is 32.1. The van der Waals surface area contributed by atoms with Gasteiger partial charge in [-0.15, -0.1) is 11.3 Å². The summed E-state index contributed by atoms with van der Waals surface area (Å²) < 4.78 is 11.3. The molecule has 0 spiro atoms. The Labute approximate surface area is 139 Å². The Kier molecular flexibility index (Phi) is 3.95. The predicted octanol–water partition coefficient (Wildman–Crippen LogP) is 4.04. The van der Waals surface area contributed by atoms with Crippen molar-refractivity contribution in [1.29, 1.82) is 0 Å². The fourth-order valence-corrected chi connectivity index (χ4v) is 4.19. The number of ether oxygens (including phenoxy) is 2. The minimum Gasteiger partial charge on any atom is -0.490 e. The third kappa shape index (κ3) is 3.06. The van der Waals surface area contributed by atoms with Crippen LogP contribution in [0.5, 0.6) is 11.5 Å². The fraction of sp³-hybridized carbons (Fsp3) is 0.389. The highest BCUT2D eigenvalue weighted by Gasteiger charge is 2.18. The van der Waals surface area contributed by atoms with Crippen molar-refractivity contribution in [3.63, 3.8) is 0 Å². The van der Waals surface area contributed by atoms with Gasteiger partial charge in [-0.25, -0.2) is 0 Å². The topological polar surface area (TPSA) is 47.6 Å². The molecule has 1 aliphatic heterocycles. The molecule has 0 saturated heterocycles. The maximum Gasteiger partial charge on any atom is 0.265 e. The molecule has 23 heavy (non-hydrogen) atoms. The second-order valence-corrected chi connectivity index (χ2v) is 7.07. The van der Waals surface area contributed by atoms with Gasteiger partial charge >= 0.3 is 0 Å². The molecule has 2 aromatic rings. The SMILES string of the molecule is O=C(Nc1ccc2c(c1)OCCCO2)c1cc2c(s1)CCCC2. The fourth-order valence-electron chi connectivity index (χ4n) is 3.04. The molecule has 1 aromatic heterocycles. The van der Waals surface area contributed by atoms with Crippen LogP contribution < -0.4 is 14.8 Å². The molecule has 120 valence electrons. The van der Waals surface area contributed by atoms with Crippen molar-refractivity contribution in [3.05, 3.63) is 39.6 Å². The molecule has 0 radical (unpaired) electrons. The molecule has 1 aromatic carbocycles. The predicted molar refractivity (Wildman–Crippen MR) is 91.0 cm³/mol. The molecule has 5 heteroatoms. The van der Waals surface area contributed by atoms with Crippen LogP contribution in [0.15, 0.2) is 24.3 Å². The van der Waals surface area contributed by atoms with E-state index in [0.29, 0.717) is 19.0 Å². The Balaban J connectivity index is 1.52. The molecule has 0 atom stereocenters. The van der Waals surface area contributed by atoms with Crippen LogP contribution in [-0.2, 0) is 12.8 Å². The molecule has 4 rings (SSSR count). The summed E-state index contributed by atoms with van der Waals surface area (Å²) in [4.78, 5) is 14.7. The lowest BCUT2D eigenvalue weighted by molar-refractivity contribution is 0.103. The van der Waals surface area contributed by atoms with Crippen LogP contribution in [0.4, 0.5) is 5.69 Å². The number of nitrogens with one attached hydrogen (secondary N) is 1. The number of rotatable bonds is 2. The number of hydrogen-bond donors (Lipinski definition) is 1. The van der Waals surface area contributed by atoms with E-state index in [0.717, 1.165) is 35.6 Å². The molecule has 0 fully saturated rings. The molecular formula is C18H19NO3S. The monoisotopic (exact) mass is 329 g/mol. The van der Waals surface area contributed by atoms with E-state index in [1.807, 2.05) is 18.2 Å². The van der Waals surface area contributed by atoms with Gasteiger partial charge in [-0.2, -0.15) is 0 Å². The second-order valence-electron chi connectivity index (χ2n) is 5.93. The van der Waals surface area contributed by atoms with Gasteiger partial charge in [0.2, 0.25) is 0 Å². The van der Waals surface area contributed by atoms with Gasteiger partial charge in [0.15, 0.2) is 11.5 Å². The van der Waals surface area contributed by atoms with E-state index in [2.05, 4.69) is 11.4 Å². The van der Waals surface area contributed by atoms with Crippen molar-refractivity contribution in [2.75, 3.05) is 18.5 Å². The van der Waals surface area contributed by atoms with Crippen molar-refractivity contribution in [2.24, 2.45) is 0 Å². The molecule has 1 N–H and O–H groups in total. The first-order chi connectivity index (χ1) is 11.3. The number of amides is 1. The molecule has 1 aliphatic carbocycles. The van der Waals surface area contributed by atoms with Gasteiger partial charge in [0, 0.05) is 23.1 Å². The van der Waals surface area contributed by atoms with Crippen molar-refractivity contribution < 1.29 is 14.3 Å². The molecule has 4 nitrogen and oxygen atoms in total. The smallest absolute Gasteiger partial charge is 0.265 e. The van der Waals surface area contributed by atoms with Crippen LogP contribution in [0.3, 0.4) is 0 Å². The van der Waals surface area contributed by atoms with Gasteiger partial charge in [-0.3, -0.25) is 4.79 Å². The Bertz CT molecular complexity index is 714. The summed E-state index contributed by atoms with van der Waals surface area (Å²) in [6, 6.07) is 7.61. The van der Waals surface area contributed by atoms with Crippen LogP contribution in [0.2, 0.25) is 0 Å². The largest absolute Gasteiger partial charge is 0.490 e. The van der Waals surface area contributed by atoms with Gasteiger partial charge in [0.25, 0.3) is 5.91 Å². The number of benzene rings is 1. The van der Waals surface area contributed by atoms with Gasteiger partial charge in [-0.1, -0.05) is 0 Å². The number of hydrogen-bond acceptors (Lipinski definition) is 4. The van der Waals surface area contributed by atoms with Crippen molar-refractivity contribution in [3.8, 4) is 11.5 Å². The average molecular weight is 329 g/mol. The first-order valence-corrected chi connectivity index (χ1v) is 8.94. The average Bonchev–Trinajstić information content (AvgIpc) is 2.87. The zero-order chi connectivity index (χ0) is 15.6. The number of anilines is 1. The summed E-state index contributed by atoms with van der Waals surface area (Å²) in [5, 5.41) is 2.97. The Hall–Kier alpha value is -2.01. The summed E-state index contributed by atoms with van der Waals surface area (Å²) >= 11 is 1.63. The van der Waals surface area contributed by atoms with E-state index in [-0.39, 0.29) is 5.91 Å². The number of thiophene rings is 1. The third-order valence-corrected chi connectivity index (χ3v) is 5.46. The highest BCUT2D eigenvalue weighted by molar-refractivity contribution is 7.14.